The minimum absolute atomic E-state index is 0. The second kappa shape index (κ2) is 5.01. The number of aliphatic hydroxyl groups excluding tert-OH is 1. The third-order valence-corrected chi connectivity index (χ3v) is 2.49. The lowest BCUT2D eigenvalue weighted by atomic mass is 10.1. The van der Waals surface area contributed by atoms with Crippen molar-refractivity contribution in [3.8, 4) is 0 Å². The smallest absolute Gasteiger partial charge is 0.192 e. The second-order valence-corrected chi connectivity index (χ2v) is 3.78. The highest BCUT2D eigenvalue weighted by Gasteiger charge is 2.12. The zero-order valence-corrected chi connectivity index (χ0v) is 10.2. The molecule has 0 aliphatic heterocycles. The van der Waals surface area contributed by atoms with E-state index >= 15 is 0 Å². The van der Waals surface area contributed by atoms with Crippen molar-refractivity contribution in [1.29, 1.82) is 0 Å². The van der Waals surface area contributed by atoms with Gasteiger partial charge < -0.3 is 15.3 Å². The molecular weight excluding hydrogens is 251 g/mol. The maximum absolute atomic E-state index is 8.94. The predicted molar refractivity (Wildman–Crippen MR) is 65.0 cm³/mol. The maximum Gasteiger partial charge on any atom is 0.192 e. The van der Waals surface area contributed by atoms with Gasteiger partial charge in [0, 0.05) is 6.92 Å². The standard InChI is InChI=1S/C10H11ClN2O2.ClH/c1-5-13-10-7(11)2-6(8(12)4-14)3-9(10)15-5;/h2-3,8,14H,4,12H2,1H3;1H/t8-;/m1./s1. The van der Waals surface area contributed by atoms with E-state index in [2.05, 4.69) is 4.98 Å². The van der Waals surface area contributed by atoms with Crippen LogP contribution in [0.5, 0.6) is 0 Å². The van der Waals surface area contributed by atoms with Gasteiger partial charge in [-0.15, -0.1) is 12.4 Å². The topological polar surface area (TPSA) is 72.3 Å². The average Bonchev–Trinajstić information content (AvgIpc) is 2.58. The van der Waals surface area contributed by atoms with Crippen LogP contribution in [0, 0.1) is 6.92 Å². The number of nitrogens with zero attached hydrogens (tertiary/aromatic N) is 1. The molecule has 1 aromatic carbocycles. The summed E-state index contributed by atoms with van der Waals surface area (Å²) in [6, 6.07) is 3.01. The van der Waals surface area contributed by atoms with E-state index in [1.165, 1.54) is 0 Å². The third-order valence-electron chi connectivity index (χ3n) is 2.20. The molecule has 4 nitrogen and oxygen atoms in total. The maximum atomic E-state index is 8.94. The molecule has 88 valence electrons. The van der Waals surface area contributed by atoms with Crippen molar-refractivity contribution in [2.45, 2.75) is 13.0 Å². The molecule has 0 radical (unpaired) electrons. The largest absolute Gasteiger partial charge is 0.441 e. The first-order valence-electron chi connectivity index (χ1n) is 4.55. The van der Waals surface area contributed by atoms with Crippen molar-refractivity contribution < 1.29 is 9.52 Å². The van der Waals surface area contributed by atoms with E-state index < -0.39 is 6.04 Å². The average molecular weight is 263 g/mol. The molecule has 0 fully saturated rings. The van der Waals surface area contributed by atoms with Crippen LogP contribution < -0.4 is 5.73 Å². The van der Waals surface area contributed by atoms with E-state index in [1.807, 2.05) is 0 Å². The summed E-state index contributed by atoms with van der Waals surface area (Å²) in [5.74, 6) is 0.557. The van der Waals surface area contributed by atoms with Crippen molar-refractivity contribution in [2.75, 3.05) is 6.61 Å². The fourth-order valence-corrected chi connectivity index (χ4v) is 1.70. The van der Waals surface area contributed by atoms with Crippen molar-refractivity contribution in [2.24, 2.45) is 5.73 Å². The molecule has 0 aliphatic rings. The summed E-state index contributed by atoms with van der Waals surface area (Å²) in [7, 11) is 0. The molecule has 0 saturated carbocycles. The minimum atomic E-state index is -0.447. The fraction of sp³-hybridized carbons (Fsp3) is 0.300. The Balaban J connectivity index is 0.00000128. The number of oxazole rings is 1. The summed E-state index contributed by atoms with van der Waals surface area (Å²) >= 11 is 6.02. The second-order valence-electron chi connectivity index (χ2n) is 3.37. The molecule has 0 saturated heterocycles. The van der Waals surface area contributed by atoms with Crippen LogP contribution in [0.3, 0.4) is 0 Å². The molecule has 2 rings (SSSR count). The van der Waals surface area contributed by atoms with Crippen molar-refractivity contribution in [3.63, 3.8) is 0 Å². The number of halogens is 2. The first-order valence-corrected chi connectivity index (χ1v) is 4.92. The normalized spacial score (nSPS) is 12.5. The fourth-order valence-electron chi connectivity index (χ4n) is 1.44. The highest BCUT2D eigenvalue weighted by molar-refractivity contribution is 6.34. The summed E-state index contributed by atoms with van der Waals surface area (Å²) in [6.07, 6.45) is 0. The zero-order valence-electron chi connectivity index (χ0n) is 8.61. The molecule has 0 bridgehead atoms. The number of aryl methyl sites for hydroxylation is 1. The van der Waals surface area contributed by atoms with Crippen molar-refractivity contribution in [1.82, 2.24) is 4.98 Å². The summed E-state index contributed by atoms with van der Waals surface area (Å²) in [4.78, 5) is 4.14. The van der Waals surface area contributed by atoms with Crippen LogP contribution in [0.15, 0.2) is 16.5 Å². The molecule has 3 N–H and O–H groups in total. The lowest BCUT2D eigenvalue weighted by Crippen LogP contribution is -2.14. The van der Waals surface area contributed by atoms with Gasteiger partial charge in [0.15, 0.2) is 11.5 Å². The van der Waals surface area contributed by atoms with Gasteiger partial charge in [0.05, 0.1) is 17.7 Å². The number of hydrogen-bond donors (Lipinski definition) is 2. The van der Waals surface area contributed by atoms with Crippen LogP contribution in [0.2, 0.25) is 5.02 Å². The highest BCUT2D eigenvalue weighted by atomic mass is 35.5. The van der Waals surface area contributed by atoms with E-state index in [0.717, 1.165) is 5.56 Å². The van der Waals surface area contributed by atoms with E-state index in [4.69, 9.17) is 26.9 Å². The van der Waals surface area contributed by atoms with Crippen LogP contribution in [0.25, 0.3) is 11.1 Å². The number of aliphatic hydroxyl groups is 1. The van der Waals surface area contributed by atoms with Gasteiger partial charge in [0.1, 0.15) is 5.52 Å². The van der Waals surface area contributed by atoms with Crippen LogP contribution >= 0.6 is 24.0 Å². The molecule has 6 heteroatoms. The Morgan fingerprint density at radius 2 is 2.25 bits per heavy atom. The Kier molecular flexibility index (Phi) is 4.15. The summed E-state index contributed by atoms with van der Waals surface area (Å²) in [5, 5.41) is 9.43. The van der Waals surface area contributed by atoms with Crippen molar-refractivity contribution in [3.05, 3.63) is 28.6 Å². The Morgan fingerprint density at radius 3 is 2.88 bits per heavy atom. The Morgan fingerprint density at radius 1 is 1.56 bits per heavy atom. The molecule has 1 aromatic heterocycles. The van der Waals surface area contributed by atoms with Gasteiger partial charge in [-0.1, -0.05) is 11.6 Å². The number of nitrogens with two attached hydrogens (primary N) is 1. The summed E-state index contributed by atoms with van der Waals surface area (Å²) < 4.78 is 5.35. The SMILES string of the molecule is Cc1nc2c(Cl)cc([C@H](N)CO)cc2o1.Cl. The third kappa shape index (κ3) is 2.30. The summed E-state index contributed by atoms with van der Waals surface area (Å²) in [6.45, 7) is 1.62. The Bertz CT molecular complexity index is 499. The van der Waals surface area contributed by atoms with Crippen LogP contribution in [0.4, 0.5) is 0 Å². The number of fused-ring (bicyclic) bond motifs is 1. The van der Waals surface area contributed by atoms with Gasteiger partial charge in [0.25, 0.3) is 0 Å². The number of benzene rings is 1. The molecule has 16 heavy (non-hydrogen) atoms. The van der Waals surface area contributed by atoms with E-state index in [1.54, 1.807) is 19.1 Å². The number of rotatable bonds is 2. The molecule has 0 spiro atoms. The van der Waals surface area contributed by atoms with Gasteiger partial charge in [-0.05, 0) is 17.7 Å². The summed E-state index contributed by atoms with van der Waals surface area (Å²) in [5.41, 5.74) is 7.66. The highest BCUT2D eigenvalue weighted by Crippen LogP contribution is 2.27. The molecule has 1 heterocycles. The number of hydrogen-bond acceptors (Lipinski definition) is 4. The Labute approximate surface area is 104 Å². The number of aromatic nitrogens is 1. The predicted octanol–water partition coefficient (Wildman–Crippen LogP) is 2.20. The minimum Gasteiger partial charge on any atom is -0.441 e. The van der Waals surface area contributed by atoms with Gasteiger partial charge in [-0.25, -0.2) is 4.98 Å². The molecular formula is C10H12Cl2N2O2. The molecule has 0 aliphatic carbocycles. The van der Waals surface area contributed by atoms with Gasteiger partial charge in [0.2, 0.25) is 0 Å². The van der Waals surface area contributed by atoms with Crippen LogP contribution in [0.1, 0.15) is 17.5 Å². The van der Waals surface area contributed by atoms with Crippen molar-refractivity contribution >= 4 is 35.1 Å². The quantitative estimate of drug-likeness (QED) is 0.871. The Hall–Kier alpha value is -0.810. The van der Waals surface area contributed by atoms with Gasteiger partial charge in [-0.2, -0.15) is 0 Å². The van der Waals surface area contributed by atoms with Gasteiger partial charge >= 0.3 is 0 Å². The van der Waals surface area contributed by atoms with Crippen LogP contribution in [-0.4, -0.2) is 16.7 Å². The molecule has 1 atom stereocenters. The molecule has 2 aromatic rings. The molecule has 0 amide bonds. The molecule has 0 unspecified atom stereocenters. The van der Waals surface area contributed by atoms with Gasteiger partial charge in [-0.3, -0.25) is 0 Å². The van der Waals surface area contributed by atoms with E-state index in [-0.39, 0.29) is 19.0 Å². The lowest BCUT2D eigenvalue weighted by Gasteiger charge is -2.08. The van der Waals surface area contributed by atoms with E-state index in [0.29, 0.717) is 22.0 Å². The monoisotopic (exact) mass is 262 g/mol. The first-order chi connectivity index (χ1) is 7.11. The first kappa shape index (κ1) is 13.3. The van der Waals surface area contributed by atoms with E-state index in [9.17, 15) is 0 Å². The zero-order chi connectivity index (χ0) is 11.0. The lowest BCUT2D eigenvalue weighted by molar-refractivity contribution is 0.268. The van der Waals surface area contributed by atoms with Crippen LogP contribution in [-0.2, 0) is 0 Å².